The number of amides is 1. The molecule has 3 aromatic rings. The highest BCUT2D eigenvalue weighted by molar-refractivity contribution is 6.07. The molecule has 1 heterocycles. The molecule has 4 nitrogen and oxygen atoms in total. The molecule has 0 radical (unpaired) electrons. The third kappa shape index (κ3) is 3.05. The van der Waals surface area contributed by atoms with Crippen LogP contribution in [0.3, 0.4) is 0 Å². The van der Waals surface area contributed by atoms with Crippen LogP contribution in [-0.4, -0.2) is 12.5 Å². The number of benzene rings is 2. The molecule has 3 rings (SSSR count). The largest absolute Gasteiger partial charge is 0.450 e. The van der Waals surface area contributed by atoms with E-state index in [1.165, 1.54) is 0 Å². The lowest BCUT2D eigenvalue weighted by Crippen LogP contribution is -2.13. The van der Waals surface area contributed by atoms with E-state index in [4.69, 9.17) is 9.15 Å². The molecule has 1 aromatic heterocycles. The third-order valence-electron chi connectivity index (χ3n) is 4.09. The zero-order chi connectivity index (χ0) is 17.1. The van der Waals surface area contributed by atoms with E-state index < -0.39 is 0 Å². The van der Waals surface area contributed by atoms with Crippen molar-refractivity contribution in [3.63, 3.8) is 0 Å². The number of rotatable bonds is 5. The van der Waals surface area contributed by atoms with Crippen molar-refractivity contribution in [3.05, 3.63) is 64.9 Å². The van der Waals surface area contributed by atoms with Crippen LogP contribution < -0.4 is 5.32 Å². The summed E-state index contributed by atoms with van der Waals surface area (Å²) >= 11 is 0. The number of nitrogens with one attached hydrogen (secondary N) is 1. The Morgan fingerprint density at radius 2 is 1.92 bits per heavy atom. The summed E-state index contributed by atoms with van der Waals surface area (Å²) in [5.74, 6) is 0.109. The van der Waals surface area contributed by atoms with Crippen LogP contribution >= 0.6 is 0 Å². The number of anilines is 1. The van der Waals surface area contributed by atoms with E-state index >= 15 is 0 Å². The van der Waals surface area contributed by atoms with E-state index in [0.29, 0.717) is 19.0 Å². The van der Waals surface area contributed by atoms with Crippen molar-refractivity contribution in [2.75, 3.05) is 11.9 Å². The smallest absolute Gasteiger partial charge is 0.291 e. The highest BCUT2D eigenvalue weighted by Crippen LogP contribution is 2.28. The number of fused-ring (bicyclic) bond motifs is 1. The molecule has 1 amide bonds. The lowest BCUT2D eigenvalue weighted by atomic mass is 10.1. The van der Waals surface area contributed by atoms with Gasteiger partial charge in [0.2, 0.25) is 0 Å². The van der Waals surface area contributed by atoms with E-state index in [-0.39, 0.29) is 5.91 Å². The maximum atomic E-state index is 12.7. The van der Waals surface area contributed by atoms with E-state index in [2.05, 4.69) is 5.32 Å². The topological polar surface area (TPSA) is 51.5 Å². The Kier molecular flexibility index (Phi) is 4.67. The second-order valence-corrected chi connectivity index (χ2v) is 5.76. The number of carbonyl (C=O) groups excluding carboxylic acids is 1. The fourth-order valence-electron chi connectivity index (χ4n) is 2.76. The van der Waals surface area contributed by atoms with E-state index in [1.807, 2.05) is 63.2 Å². The van der Waals surface area contributed by atoms with Gasteiger partial charge >= 0.3 is 0 Å². The van der Waals surface area contributed by atoms with Crippen molar-refractivity contribution in [2.45, 2.75) is 27.4 Å². The van der Waals surface area contributed by atoms with Crippen molar-refractivity contribution in [1.29, 1.82) is 0 Å². The van der Waals surface area contributed by atoms with Gasteiger partial charge in [0, 0.05) is 28.8 Å². The number of ether oxygens (including phenoxy) is 1. The highest BCUT2D eigenvalue weighted by Gasteiger charge is 2.19. The molecule has 0 aliphatic carbocycles. The van der Waals surface area contributed by atoms with Crippen LogP contribution in [0.2, 0.25) is 0 Å². The van der Waals surface area contributed by atoms with Gasteiger partial charge < -0.3 is 14.5 Å². The van der Waals surface area contributed by atoms with Crippen molar-refractivity contribution in [1.82, 2.24) is 0 Å². The minimum atomic E-state index is -0.243. The molecule has 0 spiro atoms. The first-order chi connectivity index (χ1) is 11.6. The SMILES string of the molecule is CCOCc1ccccc1NC(=O)c1oc2c(C)cccc2c1C. The second-order valence-electron chi connectivity index (χ2n) is 5.76. The number of hydrogen-bond donors (Lipinski definition) is 1. The number of carbonyl (C=O) groups is 1. The van der Waals surface area contributed by atoms with Gasteiger partial charge in [0.05, 0.1) is 6.61 Å². The Balaban J connectivity index is 1.91. The zero-order valence-corrected chi connectivity index (χ0v) is 14.2. The number of aryl methyl sites for hydroxylation is 2. The van der Waals surface area contributed by atoms with Crippen LogP contribution in [0.5, 0.6) is 0 Å². The first kappa shape index (κ1) is 16.3. The Morgan fingerprint density at radius 3 is 2.67 bits per heavy atom. The monoisotopic (exact) mass is 323 g/mol. The fraction of sp³-hybridized carbons (Fsp3) is 0.250. The van der Waals surface area contributed by atoms with Crippen molar-refractivity contribution in [2.24, 2.45) is 0 Å². The van der Waals surface area contributed by atoms with Crippen LogP contribution in [0.25, 0.3) is 11.0 Å². The molecule has 1 N–H and O–H groups in total. The van der Waals surface area contributed by atoms with Crippen LogP contribution in [0, 0.1) is 13.8 Å². The second kappa shape index (κ2) is 6.89. The lowest BCUT2D eigenvalue weighted by Gasteiger charge is -2.10. The van der Waals surface area contributed by atoms with Crippen molar-refractivity contribution < 1.29 is 13.9 Å². The molecule has 4 heteroatoms. The van der Waals surface area contributed by atoms with Gasteiger partial charge in [0.25, 0.3) is 5.91 Å². The van der Waals surface area contributed by atoms with Gasteiger partial charge in [0.1, 0.15) is 5.58 Å². The summed E-state index contributed by atoms with van der Waals surface area (Å²) in [5.41, 5.74) is 4.33. The Morgan fingerprint density at radius 1 is 1.12 bits per heavy atom. The lowest BCUT2D eigenvalue weighted by molar-refractivity contribution is 0.0997. The number of hydrogen-bond acceptors (Lipinski definition) is 3. The summed E-state index contributed by atoms with van der Waals surface area (Å²) in [5, 5.41) is 3.92. The summed E-state index contributed by atoms with van der Waals surface area (Å²) in [4.78, 5) is 12.7. The predicted molar refractivity (Wildman–Crippen MR) is 95.4 cm³/mol. The molecule has 0 bridgehead atoms. The Labute approximate surface area is 141 Å². The van der Waals surface area contributed by atoms with E-state index in [1.54, 1.807) is 0 Å². The van der Waals surface area contributed by atoms with Crippen LogP contribution in [0.1, 0.15) is 34.2 Å². The minimum Gasteiger partial charge on any atom is -0.450 e. The van der Waals surface area contributed by atoms with Gasteiger partial charge in [-0.3, -0.25) is 4.79 Å². The Bertz CT molecular complexity index is 880. The van der Waals surface area contributed by atoms with Gasteiger partial charge in [-0.25, -0.2) is 0 Å². The van der Waals surface area contributed by atoms with E-state index in [9.17, 15) is 4.79 Å². The molecule has 0 saturated carbocycles. The van der Waals surface area contributed by atoms with E-state index in [0.717, 1.165) is 33.3 Å². The molecule has 2 aromatic carbocycles. The number of furan rings is 1. The summed E-state index contributed by atoms with van der Waals surface area (Å²) in [6, 6.07) is 13.6. The van der Waals surface area contributed by atoms with Crippen LogP contribution in [0.4, 0.5) is 5.69 Å². The minimum absolute atomic E-state index is 0.243. The fourth-order valence-corrected chi connectivity index (χ4v) is 2.76. The summed E-state index contributed by atoms with van der Waals surface area (Å²) in [6.07, 6.45) is 0. The van der Waals surface area contributed by atoms with Gasteiger partial charge in [-0.15, -0.1) is 0 Å². The van der Waals surface area contributed by atoms with Crippen molar-refractivity contribution in [3.8, 4) is 0 Å². The summed E-state index contributed by atoms with van der Waals surface area (Å²) in [7, 11) is 0. The maximum Gasteiger partial charge on any atom is 0.291 e. The van der Waals surface area contributed by atoms with Crippen LogP contribution in [-0.2, 0) is 11.3 Å². The molecular weight excluding hydrogens is 302 g/mol. The molecule has 0 atom stereocenters. The molecule has 0 fully saturated rings. The van der Waals surface area contributed by atoms with Gasteiger partial charge in [-0.1, -0.05) is 36.4 Å². The zero-order valence-electron chi connectivity index (χ0n) is 14.2. The molecule has 0 saturated heterocycles. The predicted octanol–water partition coefficient (Wildman–Crippen LogP) is 4.84. The Hall–Kier alpha value is -2.59. The molecule has 24 heavy (non-hydrogen) atoms. The standard InChI is InChI=1S/C20H21NO3/c1-4-23-12-15-9-5-6-11-17(15)21-20(22)19-14(3)16-10-7-8-13(2)18(16)24-19/h5-11H,4,12H2,1-3H3,(H,21,22). The van der Waals surface area contributed by atoms with Crippen molar-refractivity contribution >= 4 is 22.6 Å². The van der Waals surface area contributed by atoms with Gasteiger partial charge in [0.15, 0.2) is 5.76 Å². The normalized spacial score (nSPS) is 11.0. The average molecular weight is 323 g/mol. The summed E-state index contributed by atoms with van der Waals surface area (Å²) < 4.78 is 11.3. The third-order valence-corrected chi connectivity index (χ3v) is 4.09. The average Bonchev–Trinajstić information content (AvgIpc) is 2.93. The molecule has 124 valence electrons. The number of para-hydroxylation sites is 2. The quantitative estimate of drug-likeness (QED) is 0.731. The van der Waals surface area contributed by atoms with Gasteiger partial charge in [-0.05, 0) is 32.4 Å². The first-order valence-corrected chi connectivity index (χ1v) is 8.07. The molecular formula is C20H21NO3. The van der Waals surface area contributed by atoms with Gasteiger partial charge in [-0.2, -0.15) is 0 Å². The summed E-state index contributed by atoms with van der Waals surface area (Å²) in [6.45, 7) is 6.92. The maximum absolute atomic E-state index is 12.7. The van der Waals surface area contributed by atoms with Crippen LogP contribution in [0.15, 0.2) is 46.9 Å². The first-order valence-electron chi connectivity index (χ1n) is 8.07. The molecule has 0 aliphatic heterocycles. The molecule has 0 unspecified atom stereocenters. The molecule has 0 aliphatic rings. The highest BCUT2D eigenvalue weighted by atomic mass is 16.5.